The first kappa shape index (κ1) is 9.48. The van der Waals surface area contributed by atoms with Gasteiger partial charge in [0.1, 0.15) is 0 Å². The molecular formula is C10H17. The maximum Gasteiger partial charge on any atom is -0.0197 e. The second-order valence-electron chi connectivity index (χ2n) is 3.06. The van der Waals surface area contributed by atoms with Crippen molar-refractivity contribution in [2.24, 2.45) is 5.92 Å². The van der Waals surface area contributed by atoms with Crippen LogP contribution in [-0.4, -0.2) is 0 Å². The number of hydrogen-bond acceptors (Lipinski definition) is 0. The molecule has 0 aromatic heterocycles. The van der Waals surface area contributed by atoms with Gasteiger partial charge in [-0.15, -0.1) is 0 Å². The summed E-state index contributed by atoms with van der Waals surface area (Å²) in [6, 6.07) is 0. The van der Waals surface area contributed by atoms with Gasteiger partial charge in [0.15, 0.2) is 0 Å². The highest BCUT2D eigenvalue weighted by Crippen LogP contribution is 2.17. The lowest BCUT2D eigenvalue weighted by Gasteiger charge is -2.10. The average Bonchev–Trinajstić information content (AvgIpc) is 1.87. The summed E-state index contributed by atoms with van der Waals surface area (Å²) >= 11 is 0. The Balaban J connectivity index is 4.06. The topological polar surface area (TPSA) is 0 Å². The maximum atomic E-state index is 5.32. The first-order chi connectivity index (χ1) is 4.59. The molecule has 0 saturated carbocycles. The zero-order valence-corrected chi connectivity index (χ0v) is 7.44. The Labute approximate surface area is 64.6 Å². The van der Waals surface area contributed by atoms with E-state index < -0.39 is 0 Å². The molecule has 0 rings (SSSR count). The molecule has 10 heavy (non-hydrogen) atoms. The number of rotatable bonds is 3. The SMILES string of the molecule is [CH]=CCC(C)C(C)=C(C)C. The van der Waals surface area contributed by atoms with E-state index in [1.165, 1.54) is 11.1 Å². The van der Waals surface area contributed by atoms with Gasteiger partial charge < -0.3 is 0 Å². The summed E-state index contributed by atoms with van der Waals surface area (Å²) < 4.78 is 0. The third kappa shape index (κ3) is 2.86. The van der Waals surface area contributed by atoms with E-state index in [-0.39, 0.29) is 0 Å². The van der Waals surface area contributed by atoms with E-state index in [1.807, 2.05) is 0 Å². The average molecular weight is 137 g/mol. The van der Waals surface area contributed by atoms with Gasteiger partial charge in [0.25, 0.3) is 0 Å². The first-order valence-electron chi connectivity index (χ1n) is 3.77. The Kier molecular flexibility index (Phi) is 4.10. The molecule has 57 valence electrons. The van der Waals surface area contributed by atoms with Gasteiger partial charge >= 0.3 is 0 Å². The van der Waals surface area contributed by atoms with Crippen molar-refractivity contribution in [3.8, 4) is 0 Å². The highest BCUT2D eigenvalue weighted by atomic mass is 14.1. The van der Waals surface area contributed by atoms with Crippen LogP contribution >= 0.6 is 0 Å². The Morgan fingerprint density at radius 2 is 1.90 bits per heavy atom. The van der Waals surface area contributed by atoms with Gasteiger partial charge in [-0.2, -0.15) is 0 Å². The van der Waals surface area contributed by atoms with E-state index >= 15 is 0 Å². The fraction of sp³-hybridized carbons (Fsp3) is 0.600. The molecule has 1 radical (unpaired) electrons. The van der Waals surface area contributed by atoms with Gasteiger partial charge in [0, 0.05) is 0 Å². The largest absolute Gasteiger partial charge is 0.0840 e. The molecule has 0 spiro atoms. The van der Waals surface area contributed by atoms with Gasteiger partial charge in [-0.3, -0.25) is 0 Å². The van der Waals surface area contributed by atoms with E-state index in [2.05, 4.69) is 27.7 Å². The molecule has 0 aromatic rings. The van der Waals surface area contributed by atoms with Crippen molar-refractivity contribution in [3.63, 3.8) is 0 Å². The summed E-state index contributed by atoms with van der Waals surface area (Å²) in [4.78, 5) is 0. The summed E-state index contributed by atoms with van der Waals surface area (Å²) in [5.41, 5.74) is 2.87. The van der Waals surface area contributed by atoms with E-state index in [9.17, 15) is 0 Å². The summed E-state index contributed by atoms with van der Waals surface area (Å²) in [6.45, 7) is 14.0. The van der Waals surface area contributed by atoms with Crippen LogP contribution in [0.15, 0.2) is 17.2 Å². The van der Waals surface area contributed by atoms with Crippen molar-refractivity contribution in [3.05, 3.63) is 23.8 Å². The van der Waals surface area contributed by atoms with Crippen molar-refractivity contribution < 1.29 is 0 Å². The predicted molar refractivity (Wildman–Crippen MR) is 46.7 cm³/mol. The lowest BCUT2D eigenvalue weighted by atomic mass is 9.96. The molecule has 0 aliphatic rings. The molecule has 0 aromatic carbocycles. The minimum absolute atomic E-state index is 0.606. The number of hydrogen-bond donors (Lipinski definition) is 0. The minimum Gasteiger partial charge on any atom is -0.0840 e. The summed E-state index contributed by atoms with van der Waals surface area (Å²) in [7, 11) is 0. The van der Waals surface area contributed by atoms with Gasteiger partial charge in [-0.1, -0.05) is 30.7 Å². The summed E-state index contributed by atoms with van der Waals surface area (Å²) in [5, 5.41) is 0. The molecule has 0 fully saturated rings. The van der Waals surface area contributed by atoms with Crippen molar-refractivity contribution in [2.75, 3.05) is 0 Å². The maximum absolute atomic E-state index is 5.32. The highest BCUT2D eigenvalue weighted by Gasteiger charge is 2.01. The highest BCUT2D eigenvalue weighted by molar-refractivity contribution is 5.10. The van der Waals surface area contributed by atoms with E-state index in [4.69, 9.17) is 6.58 Å². The predicted octanol–water partition coefficient (Wildman–Crippen LogP) is 3.36. The molecule has 0 N–H and O–H groups in total. The summed E-state index contributed by atoms with van der Waals surface area (Å²) in [6.07, 6.45) is 2.72. The monoisotopic (exact) mass is 137 g/mol. The molecule has 0 amide bonds. The van der Waals surface area contributed by atoms with Crippen LogP contribution in [0.5, 0.6) is 0 Å². The molecule has 0 bridgehead atoms. The first-order valence-corrected chi connectivity index (χ1v) is 3.77. The van der Waals surface area contributed by atoms with Crippen LogP contribution in [0.25, 0.3) is 0 Å². The van der Waals surface area contributed by atoms with Crippen LogP contribution in [0.3, 0.4) is 0 Å². The van der Waals surface area contributed by atoms with Gasteiger partial charge in [-0.05, 0) is 33.1 Å². The van der Waals surface area contributed by atoms with Crippen LogP contribution < -0.4 is 0 Å². The lowest BCUT2D eigenvalue weighted by Crippen LogP contribution is -1.95. The molecule has 0 nitrogen and oxygen atoms in total. The minimum atomic E-state index is 0.606. The van der Waals surface area contributed by atoms with Crippen molar-refractivity contribution in [1.82, 2.24) is 0 Å². The molecule has 0 heterocycles. The van der Waals surface area contributed by atoms with E-state index in [0.717, 1.165) is 6.42 Å². The second-order valence-corrected chi connectivity index (χ2v) is 3.06. The second kappa shape index (κ2) is 4.32. The Hall–Kier alpha value is -0.520. The lowest BCUT2D eigenvalue weighted by molar-refractivity contribution is 0.686. The van der Waals surface area contributed by atoms with Gasteiger partial charge in [0.2, 0.25) is 0 Å². The van der Waals surface area contributed by atoms with Crippen LogP contribution in [0.1, 0.15) is 34.1 Å². The van der Waals surface area contributed by atoms with Gasteiger partial charge in [0.05, 0.1) is 0 Å². The Morgan fingerprint density at radius 1 is 1.40 bits per heavy atom. The molecule has 0 aliphatic carbocycles. The smallest absolute Gasteiger partial charge is 0.0197 e. The van der Waals surface area contributed by atoms with Crippen molar-refractivity contribution >= 4 is 0 Å². The molecule has 0 saturated heterocycles. The quantitative estimate of drug-likeness (QED) is 0.523. The van der Waals surface area contributed by atoms with E-state index in [0.29, 0.717) is 5.92 Å². The van der Waals surface area contributed by atoms with Crippen LogP contribution in [0.2, 0.25) is 0 Å². The third-order valence-electron chi connectivity index (χ3n) is 2.02. The fourth-order valence-electron chi connectivity index (χ4n) is 0.874. The summed E-state index contributed by atoms with van der Waals surface area (Å²) in [5.74, 6) is 0.606. The van der Waals surface area contributed by atoms with Crippen molar-refractivity contribution in [1.29, 1.82) is 0 Å². The zero-order chi connectivity index (χ0) is 8.15. The molecule has 1 atom stereocenters. The fourth-order valence-corrected chi connectivity index (χ4v) is 0.874. The third-order valence-corrected chi connectivity index (χ3v) is 2.02. The number of allylic oxidation sites excluding steroid dienone is 3. The standard InChI is InChI=1S/C10H17/c1-6-7-9(4)10(5)8(2)3/h1,6,9H,7H2,2-5H3. The zero-order valence-electron chi connectivity index (χ0n) is 7.44. The van der Waals surface area contributed by atoms with Crippen molar-refractivity contribution in [2.45, 2.75) is 34.1 Å². The molecule has 1 unspecified atom stereocenters. The molecule has 0 heteroatoms. The van der Waals surface area contributed by atoms with Crippen LogP contribution in [0, 0.1) is 12.5 Å². The van der Waals surface area contributed by atoms with Crippen LogP contribution in [0.4, 0.5) is 0 Å². The molecular weight excluding hydrogens is 120 g/mol. The molecule has 0 aliphatic heterocycles. The Morgan fingerprint density at radius 3 is 2.20 bits per heavy atom. The normalized spacial score (nSPS) is 12.4. The van der Waals surface area contributed by atoms with E-state index in [1.54, 1.807) is 6.08 Å². The van der Waals surface area contributed by atoms with Gasteiger partial charge in [-0.25, -0.2) is 0 Å². The van der Waals surface area contributed by atoms with Crippen LogP contribution in [-0.2, 0) is 0 Å². The Bertz CT molecular complexity index is 136.